The van der Waals surface area contributed by atoms with Gasteiger partial charge in [-0.3, -0.25) is 19.3 Å². The number of hydrogen-bond acceptors (Lipinski definition) is 3. The SMILES string of the molecule is CC[C@H](C)N1C(=O)[C@@H]2[C@H](C)[NH2+][C@@]3(C(=O)Nc4ccc(Cl)cc43)[C@@H]2C1=O. The van der Waals surface area contributed by atoms with Crippen molar-refractivity contribution < 1.29 is 19.7 Å². The maximum Gasteiger partial charge on any atom is 0.291 e. The van der Waals surface area contributed by atoms with E-state index in [-0.39, 0.29) is 29.8 Å². The van der Waals surface area contributed by atoms with E-state index in [0.29, 0.717) is 22.7 Å². The van der Waals surface area contributed by atoms with E-state index in [1.54, 1.807) is 18.2 Å². The second kappa shape index (κ2) is 5.29. The number of nitrogens with one attached hydrogen (secondary N) is 1. The standard InChI is InChI=1S/C18H20ClN3O3/c1-4-8(2)22-15(23)13-9(3)21-18(14(13)16(22)24)11-7-10(19)5-6-12(11)20-17(18)25/h5-9,13-14,21H,4H2,1-3H3,(H,20,25)/p+1/t8-,9-,13+,14-,18+/m0/s1. The molecule has 4 rings (SSSR count). The van der Waals surface area contributed by atoms with Crippen LogP contribution in [0.1, 0.15) is 32.8 Å². The summed E-state index contributed by atoms with van der Waals surface area (Å²) >= 11 is 6.16. The lowest BCUT2D eigenvalue weighted by atomic mass is 9.76. The van der Waals surface area contributed by atoms with Crippen molar-refractivity contribution in [3.63, 3.8) is 0 Å². The smallest absolute Gasteiger partial charge is 0.291 e. The topological polar surface area (TPSA) is 83.1 Å². The Kier molecular flexibility index (Phi) is 3.50. The Morgan fingerprint density at radius 1 is 1.32 bits per heavy atom. The maximum atomic E-state index is 13.2. The number of imide groups is 1. The van der Waals surface area contributed by atoms with Crippen molar-refractivity contribution in [3.8, 4) is 0 Å². The zero-order valence-electron chi connectivity index (χ0n) is 14.4. The molecule has 2 saturated heterocycles. The molecule has 1 aromatic rings. The van der Waals surface area contributed by atoms with E-state index in [1.807, 2.05) is 26.1 Å². The Morgan fingerprint density at radius 2 is 2.04 bits per heavy atom. The van der Waals surface area contributed by atoms with Gasteiger partial charge in [-0.25, -0.2) is 0 Å². The van der Waals surface area contributed by atoms with Crippen LogP contribution in [0.15, 0.2) is 18.2 Å². The molecule has 2 fully saturated rings. The van der Waals surface area contributed by atoms with E-state index in [1.165, 1.54) is 4.90 Å². The molecule has 3 N–H and O–H groups in total. The van der Waals surface area contributed by atoms with Gasteiger partial charge < -0.3 is 10.6 Å². The minimum atomic E-state index is -1.11. The maximum absolute atomic E-state index is 13.2. The first-order valence-electron chi connectivity index (χ1n) is 8.67. The number of rotatable bonds is 2. The summed E-state index contributed by atoms with van der Waals surface area (Å²) in [5, 5.41) is 5.26. The predicted octanol–water partition coefficient (Wildman–Crippen LogP) is 0.853. The van der Waals surface area contributed by atoms with Crippen LogP contribution in [0.3, 0.4) is 0 Å². The molecule has 3 aliphatic rings. The van der Waals surface area contributed by atoms with Crippen molar-refractivity contribution >= 4 is 35.0 Å². The summed E-state index contributed by atoms with van der Waals surface area (Å²) in [7, 11) is 0. The van der Waals surface area contributed by atoms with Crippen LogP contribution in [-0.4, -0.2) is 34.7 Å². The first-order valence-corrected chi connectivity index (χ1v) is 9.05. The van der Waals surface area contributed by atoms with Crippen LogP contribution in [0.5, 0.6) is 0 Å². The minimum absolute atomic E-state index is 0.159. The number of nitrogens with zero attached hydrogens (tertiary/aromatic N) is 1. The largest absolute Gasteiger partial charge is 0.326 e. The van der Waals surface area contributed by atoms with E-state index in [2.05, 4.69) is 5.32 Å². The summed E-state index contributed by atoms with van der Waals surface area (Å²) in [6.07, 6.45) is 0.691. The molecule has 132 valence electrons. The molecule has 1 aromatic carbocycles. The Balaban J connectivity index is 1.89. The Labute approximate surface area is 150 Å². The van der Waals surface area contributed by atoms with Gasteiger partial charge in [0.2, 0.25) is 17.4 Å². The zero-order chi connectivity index (χ0) is 18.1. The molecule has 0 aromatic heterocycles. The summed E-state index contributed by atoms with van der Waals surface area (Å²) in [5.74, 6) is -1.82. The highest BCUT2D eigenvalue weighted by molar-refractivity contribution is 6.31. The molecule has 7 heteroatoms. The normalized spacial score (nSPS) is 34.5. The molecule has 25 heavy (non-hydrogen) atoms. The molecule has 3 aliphatic heterocycles. The van der Waals surface area contributed by atoms with Crippen LogP contribution in [0.4, 0.5) is 5.69 Å². The number of carbonyl (C=O) groups is 3. The molecule has 0 saturated carbocycles. The Bertz CT molecular complexity index is 811. The highest BCUT2D eigenvalue weighted by Gasteiger charge is 2.73. The molecule has 5 atom stereocenters. The van der Waals surface area contributed by atoms with Crippen LogP contribution >= 0.6 is 11.6 Å². The number of anilines is 1. The molecule has 6 nitrogen and oxygen atoms in total. The molecule has 3 heterocycles. The molecule has 0 radical (unpaired) electrons. The highest BCUT2D eigenvalue weighted by atomic mass is 35.5. The monoisotopic (exact) mass is 362 g/mol. The van der Waals surface area contributed by atoms with Crippen molar-refractivity contribution in [3.05, 3.63) is 28.8 Å². The van der Waals surface area contributed by atoms with Crippen LogP contribution in [0, 0.1) is 11.8 Å². The summed E-state index contributed by atoms with van der Waals surface area (Å²) < 4.78 is 0. The van der Waals surface area contributed by atoms with Gasteiger partial charge in [-0.15, -0.1) is 0 Å². The lowest BCUT2D eigenvalue weighted by Crippen LogP contribution is -2.98. The number of likely N-dealkylation sites (tertiary alicyclic amines) is 1. The number of benzene rings is 1. The van der Waals surface area contributed by atoms with Crippen molar-refractivity contribution in [1.29, 1.82) is 0 Å². The van der Waals surface area contributed by atoms with E-state index in [0.717, 1.165) is 0 Å². The molecule has 0 unspecified atom stereocenters. The molecule has 1 spiro atoms. The van der Waals surface area contributed by atoms with Crippen molar-refractivity contribution in [1.82, 2.24) is 4.90 Å². The van der Waals surface area contributed by atoms with E-state index < -0.39 is 17.4 Å². The third kappa shape index (κ3) is 1.92. The Hall–Kier alpha value is -1.92. The fourth-order valence-electron chi connectivity index (χ4n) is 4.75. The fraction of sp³-hybridized carbons (Fsp3) is 0.500. The molecular weight excluding hydrogens is 342 g/mol. The summed E-state index contributed by atoms with van der Waals surface area (Å²) in [6.45, 7) is 5.73. The number of amides is 3. The van der Waals surface area contributed by atoms with Crippen LogP contribution in [0.25, 0.3) is 0 Å². The van der Waals surface area contributed by atoms with Crippen molar-refractivity contribution in [2.45, 2.75) is 44.8 Å². The fourth-order valence-corrected chi connectivity index (χ4v) is 4.92. The number of nitrogens with two attached hydrogens (primary N) is 1. The molecule has 0 bridgehead atoms. The first kappa shape index (κ1) is 16.5. The van der Waals surface area contributed by atoms with E-state index in [4.69, 9.17) is 11.6 Å². The van der Waals surface area contributed by atoms with E-state index >= 15 is 0 Å². The van der Waals surface area contributed by atoms with Gasteiger partial charge in [0.1, 0.15) is 11.8 Å². The van der Waals surface area contributed by atoms with Gasteiger partial charge in [-0.05, 0) is 38.5 Å². The quantitative estimate of drug-likeness (QED) is 0.765. The van der Waals surface area contributed by atoms with Gasteiger partial charge in [0.25, 0.3) is 5.91 Å². The second-order valence-electron chi connectivity index (χ2n) is 7.35. The number of carbonyl (C=O) groups excluding carboxylic acids is 3. The number of halogens is 1. The van der Waals surface area contributed by atoms with E-state index in [9.17, 15) is 14.4 Å². The first-order chi connectivity index (χ1) is 11.8. The summed E-state index contributed by atoms with van der Waals surface area (Å²) in [5.41, 5.74) is 0.261. The van der Waals surface area contributed by atoms with Crippen molar-refractivity contribution in [2.75, 3.05) is 5.32 Å². The summed E-state index contributed by atoms with van der Waals surface area (Å²) in [4.78, 5) is 40.5. The van der Waals surface area contributed by atoms with Gasteiger partial charge in [-0.1, -0.05) is 18.5 Å². The highest BCUT2D eigenvalue weighted by Crippen LogP contribution is 2.49. The lowest BCUT2D eigenvalue weighted by Gasteiger charge is -2.28. The van der Waals surface area contributed by atoms with Gasteiger partial charge >= 0.3 is 0 Å². The van der Waals surface area contributed by atoms with Crippen LogP contribution < -0.4 is 10.6 Å². The second-order valence-corrected chi connectivity index (χ2v) is 7.78. The van der Waals surface area contributed by atoms with Gasteiger partial charge in [0.05, 0.1) is 11.7 Å². The number of hydrogen-bond donors (Lipinski definition) is 2. The van der Waals surface area contributed by atoms with Gasteiger partial charge in [-0.2, -0.15) is 0 Å². The molecular formula is C18H21ClN3O3+. The lowest BCUT2D eigenvalue weighted by molar-refractivity contribution is -0.730. The zero-order valence-corrected chi connectivity index (χ0v) is 15.1. The van der Waals surface area contributed by atoms with Gasteiger partial charge in [0, 0.05) is 16.6 Å². The minimum Gasteiger partial charge on any atom is -0.326 e. The van der Waals surface area contributed by atoms with Crippen LogP contribution in [-0.2, 0) is 19.9 Å². The number of quaternary nitrogens is 1. The molecule has 3 amide bonds. The number of fused-ring (bicyclic) bond motifs is 4. The average molecular weight is 363 g/mol. The summed E-state index contributed by atoms with van der Waals surface area (Å²) in [6, 6.07) is 4.88. The third-order valence-electron chi connectivity index (χ3n) is 6.05. The third-order valence-corrected chi connectivity index (χ3v) is 6.29. The Morgan fingerprint density at radius 3 is 2.72 bits per heavy atom. The predicted molar refractivity (Wildman–Crippen MR) is 91.7 cm³/mol. The molecule has 0 aliphatic carbocycles. The van der Waals surface area contributed by atoms with Gasteiger partial charge in [0.15, 0.2) is 0 Å². The van der Waals surface area contributed by atoms with Crippen molar-refractivity contribution in [2.24, 2.45) is 11.8 Å². The van der Waals surface area contributed by atoms with Crippen LogP contribution in [0.2, 0.25) is 5.02 Å². The average Bonchev–Trinajstić information content (AvgIpc) is 3.12.